The Hall–Kier alpha value is -1.34. The normalized spacial score (nSPS) is 25.7. The number of hydrogen-bond acceptors (Lipinski definition) is 4. The summed E-state index contributed by atoms with van der Waals surface area (Å²) in [5.74, 6) is -0.803. The number of carboxylic acid groups (broad SMARTS) is 1. The van der Waals surface area contributed by atoms with Gasteiger partial charge in [0, 0.05) is 51.9 Å². The molecule has 0 aromatic heterocycles. The number of hydrogen-bond donors (Lipinski definition) is 1. The third kappa shape index (κ3) is 4.31. The van der Waals surface area contributed by atoms with Gasteiger partial charge in [0.05, 0.1) is 6.54 Å². The monoisotopic (exact) mass is 298 g/mol. The molecule has 2 aliphatic heterocycles. The van der Waals surface area contributed by atoms with Crippen molar-refractivity contribution in [3.05, 3.63) is 0 Å². The lowest BCUT2D eigenvalue weighted by Crippen LogP contribution is -2.56. The molecule has 2 fully saturated rings. The molecule has 0 radical (unpaired) electrons. The van der Waals surface area contributed by atoms with Gasteiger partial charge in [0.2, 0.25) is 0 Å². The zero-order valence-electron chi connectivity index (χ0n) is 13.0. The highest BCUT2D eigenvalue weighted by molar-refractivity contribution is 5.75. The molecule has 2 aliphatic rings. The van der Waals surface area contributed by atoms with Crippen LogP contribution in [0.2, 0.25) is 0 Å². The first-order valence-electron chi connectivity index (χ1n) is 7.65. The summed E-state index contributed by atoms with van der Waals surface area (Å²) >= 11 is 0. The zero-order chi connectivity index (χ0) is 15.4. The Morgan fingerprint density at radius 3 is 2.52 bits per heavy atom. The number of piperazine rings is 1. The van der Waals surface area contributed by atoms with Crippen LogP contribution in [0.15, 0.2) is 0 Å². The molecule has 0 spiro atoms. The summed E-state index contributed by atoms with van der Waals surface area (Å²) < 4.78 is 0. The van der Waals surface area contributed by atoms with Gasteiger partial charge >= 0.3 is 12.0 Å². The fraction of sp³-hybridized carbons (Fsp3) is 0.857. The molecule has 2 saturated heterocycles. The zero-order valence-corrected chi connectivity index (χ0v) is 13.0. The van der Waals surface area contributed by atoms with E-state index in [0.29, 0.717) is 19.6 Å². The summed E-state index contributed by atoms with van der Waals surface area (Å²) in [6.07, 6.45) is 0.834. The minimum Gasteiger partial charge on any atom is -0.480 e. The Morgan fingerprint density at radius 2 is 1.86 bits per heavy atom. The molecule has 0 aliphatic carbocycles. The van der Waals surface area contributed by atoms with Crippen LogP contribution in [0.1, 0.15) is 13.3 Å². The summed E-state index contributed by atoms with van der Waals surface area (Å²) in [7, 11) is 2.08. The third-order valence-corrected chi connectivity index (χ3v) is 4.29. The van der Waals surface area contributed by atoms with Crippen molar-refractivity contribution in [2.75, 3.05) is 59.4 Å². The van der Waals surface area contributed by atoms with Crippen molar-refractivity contribution in [1.82, 2.24) is 19.6 Å². The number of nitrogens with zero attached hydrogens (tertiary/aromatic N) is 4. The molecule has 2 amide bonds. The second-order valence-electron chi connectivity index (χ2n) is 6.10. The minimum absolute atomic E-state index is 0.0624. The van der Waals surface area contributed by atoms with Gasteiger partial charge in [-0.25, -0.2) is 4.79 Å². The van der Waals surface area contributed by atoms with Gasteiger partial charge in [-0.3, -0.25) is 9.69 Å². The predicted octanol–water partition coefficient (Wildman–Crippen LogP) is -0.165. The van der Waals surface area contributed by atoms with E-state index in [4.69, 9.17) is 5.11 Å². The second kappa shape index (κ2) is 7.09. The molecule has 120 valence electrons. The third-order valence-electron chi connectivity index (χ3n) is 4.29. The van der Waals surface area contributed by atoms with Crippen molar-refractivity contribution < 1.29 is 14.7 Å². The van der Waals surface area contributed by atoms with E-state index in [9.17, 15) is 9.59 Å². The van der Waals surface area contributed by atoms with Crippen molar-refractivity contribution in [3.8, 4) is 0 Å². The smallest absolute Gasteiger partial charge is 0.320 e. The van der Waals surface area contributed by atoms with Crippen LogP contribution in [0.3, 0.4) is 0 Å². The Kier molecular flexibility index (Phi) is 5.41. The van der Waals surface area contributed by atoms with Crippen molar-refractivity contribution in [1.29, 1.82) is 0 Å². The fourth-order valence-corrected chi connectivity index (χ4v) is 3.12. The molecule has 0 bridgehead atoms. The number of carboxylic acids is 1. The number of carbonyl (C=O) groups is 2. The van der Waals surface area contributed by atoms with E-state index in [1.165, 1.54) is 0 Å². The van der Waals surface area contributed by atoms with E-state index in [0.717, 1.165) is 32.6 Å². The molecule has 0 saturated carbocycles. The minimum atomic E-state index is -0.803. The van der Waals surface area contributed by atoms with Crippen LogP contribution in [0.4, 0.5) is 4.79 Å². The van der Waals surface area contributed by atoms with E-state index in [1.54, 1.807) is 0 Å². The van der Waals surface area contributed by atoms with Gasteiger partial charge in [0.15, 0.2) is 0 Å². The van der Waals surface area contributed by atoms with Crippen LogP contribution < -0.4 is 0 Å². The molecular formula is C14H26N4O3. The van der Waals surface area contributed by atoms with E-state index in [-0.39, 0.29) is 18.6 Å². The van der Waals surface area contributed by atoms with Gasteiger partial charge in [-0.2, -0.15) is 0 Å². The van der Waals surface area contributed by atoms with E-state index in [2.05, 4.69) is 18.9 Å². The molecule has 7 heteroatoms. The van der Waals surface area contributed by atoms with E-state index in [1.807, 2.05) is 14.7 Å². The van der Waals surface area contributed by atoms with Crippen LogP contribution in [0.5, 0.6) is 0 Å². The van der Waals surface area contributed by atoms with Crippen LogP contribution in [-0.4, -0.2) is 102 Å². The van der Waals surface area contributed by atoms with Crippen molar-refractivity contribution in [2.45, 2.75) is 19.4 Å². The standard InChI is InChI=1S/C14H26N4O3/c1-12-10-15(2)6-9-18(12)14(21)17-5-3-4-16(7-8-17)11-13(19)20/h12H,3-11H2,1-2H3,(H,19,20). The highest BCUT2D eigenvalue weighted by Gasteiger charge is 2.30. The number of aliphatic carboxylic acids is 1. The van der Waals surface area contributed by atoms with Crippen LogP contribution in [-0.2, 0) is 4.79 Å². The maximum absolute atomic E-state index is 12.7. The van der Waals surface area contributed by atoms with Gasteiger partial charge in [-0.1, -0.05) is 0 Å². The van der Waals surface area contributed by atoms with Gasteiger partial charge in [-0.05, 0) is 20.4 Å². The summed E-state index contributed by atoms with van der Waals surface area (Å²) in [4.78, 5) is 31.4. The first kappa shape index (κ1) is 16.0. The Labute approximate surface area is 126 Å². The number of urea groups is 1. The van der Waals surface area contributed by atoms with Gasteiger partial charge in [0.1, 0.15) is 0 Å². The highest BCUT2D eigenvalue weighted by Crippen LogP contribution is 2.13. The van der Waals surface area contributed by atoms with Gasteiger partial charge in [0.25, 0.3) is 0 Å². The SMILES string of the molecule is CC1CN(C)CCN1C(=O)N1CCCN(CC(=O)O)CC1. The number of carbonyl (C=O) groups excluding carboxylic acids is 1. The van der Waals surface area contributed by atoms with Crippen molar-refractivity contribution in [2.24, 2.45) is 0 Å². The summed E-state index contributed by atoms with van der Waals surface area (Å²) in [5.41, 5.74) is 0. The highest BCUT2D eigenvalue weighted by atomic mass is 16.4. The molecule has 7 nitrogen and oxygen atoms in total. The maximum atomic E-state index is 12.7. The fourth-order valence-electron chi connectivity index (χ4n) is 3.12. The molecule has 0 aromatic carbocycles. The van der Waals surface area contributed by atoms with E-state index < -0.39 is 5.97 Å². The first-order chi connectivity index (χ1) is 9.97. The lowest BCUT2D eigenvalue weighted by Gasteiger charge is -2.40. The maximum Gasteiger partial charge on any atom is 0.320 e. The van der Waals surface area contributed by atoms with Gasteiger partial charge < -0.3 is 19.8 Å². The van der Waals surface area contributed by atoms with Crippen molar-refractivity contribution >= 4 is 12.0 Å². The quantitative estimate of drug-likeness (QED) is 0.767. The summed E-state index contributed by atoms with van der Waals surface area (Å²) in [6, 6.07) is 0.336. The Morgan fingerprint density at radius 1 is 1.10 bits per heavy atom. The summed E-state index contributed by atoms with van der Waals surface area (Å²) in [5, 5.41) is 8.86. The average molecular weight is 298 g/mol. The van der Waals surface area contributed by atoms with Gasteiger partial charge in [-0.15, -0.1) is 0 Å². The number of amides is 2. The molecule has 1 unspecified atom stereocenters. The molecular weight excluding hydrogens is 272 g/mol. The summed E-state index contributed by atoms with van der Waals surface area (Å²) in [6.45, 7) is 7.45. The Balaban J connectivity index is 1.89. The van der Waals surface area contributed by atoms with E-state index >= 15 is 0 Å². The predicted molar refractivity (Wildman–Crippen MR) is 79.3 cm³/mol. The number of likely N-dealkylation sites (N-methyl/N-ethyl adjacent to an activating group) is 1. The molecule has 0 aromatic rings. The Bertz CT molecular complexity index is 390. The molecule has 2 heterocycles. The average Bonchev–Trinajstić information content (AvgIpc) is 2.63. The molecule has 21 heavy (non-hydrogen) atoms. The molecule has 1 atom stereocenters. The topological polar surface area (TPSA) is 67.3 Å². The molecule has 2 rings (SSSR count). The van der Waals surface area contributed by atoms with Crippen LogP contribution in [0, 0.1) is 0 Å². The van der Waals surface area contributed by atoms with Crippen LogP contribution >= 0.6 is 0 Å². The molecule has 1 N–H and O–H groups in total. The largest absolute Gasteiger partial charge is 0.480 e. The lowest BCUT2D eigenvalue weighted by atomic mass is 10.2. The van der Waals surface area contributed by atoms with Crippen LogP contribution in [0.25, 0.3) is 0 Å². The number of rotatable bonds is 2. The van der Waals surface area contributed by atoms with Crippen molar-refractivity contribution in [3.63, 3.8) is 0 Å². The lowest BCUT2D eigenvalue weighted by molar-refractivity contribution is -0.138. The second-order valence-corrected chi connectivity index (χ2v) is 6.10. The first-order valence-corrected chi connectivity index (χ1v) is 7.65.